The van der Waals surface area contributed by atoms with Crippen molar-refractivity contribution in [1.29, 1.82) is 0 Å². The molecule has 1 saturated carbocycles. The molecule has 6 heteroatoms. The van der Waals surface area contributed by atoms with Gasteiger partial charge in [-0.1, -0.05) is 6.42 Å². The quantitative estimate of drug-likeness (QED) is 0.666. The molecule has 0 unspecified atom stereocenters. The van der Waals surface area contributed by atoms with Gasteiger partial charge < -0.3 is 21.1 Å². The summed E-state index contributed by atoms with van der Waals surface area (Å²) in [5.74, 6) is -0.105. The van der Waals surface area contributed by atoms with Gasteiger partial charge in [0.2, 0.25) is 5.91 Å². The molecule has 25 heavy (non-hydrogen) atoms. The maximum absolute atomic E-state index is 12.5. The topological polar surface area (TPSA) is 108 Å². The number of nitrogens with one attached hydrogen (secondary N) is 2. The van der Waals surface area contributed by atoms with E-state index in [9.17, 15) is 14.7 Å². The van der Waals surface area contributed by atoms with Crippen molar-refractivity contribution in [3.05, 3.63) is 30.0 Å². The van der Waals surface area contributed by atoms with Crippen LogP contribution in [0.1, 0.15) is 38.2 Å². The number of phenolic OH excluding ortho intramolecular Hbond substituents is 1. The Bertz CT molecular complexity index is 783. The Morgan fingerprint density at radius 3 is 2.92 bits per heavy atom. The summed E-state index contributed by atoms with van der Waals surface area (Å²) in [7, 11) is 0. The predicted octanol–water partition coefficient (Wildman–Crippen LogP) is 2.01. The highest BCUT2D eigenvalue weighted by Crippen LogP contribution is 2.25. The van der Waals surface area contributed by atoms with Crippen molar-refractivity contribution < 1.29 is 14.7 Å². The zero-order valence-corrected chi connectivity index (χ0v) is 14.4. The smallest absolute Gasteiger partial charge is 0.223 e. The fourth-order valence-corrected chi connectivity index (χ4v) is 3.61. The second-order valence-electron chi connectivity index (χ2n) is 7.04. The maximum atomic E-state index is 12.5. The highest BCUT2D eigenvalue weighted by Gasteiger charge is 2.28. The third-order valence-electron chi connectivity index (χ3n) is 5.07. The van der Waals surface area contributed by atoms with Crippen LogP contribution in [0.4, 0.5) is 0 Å². The first-order valence-corrected chi connectivity index (χ1v) is 8.79. The number of H-pyrrole nitrogens is 1. The Morgan fingerprint density at radius 1 is 1.40 bits per heavy atom. The van der Waals surface area contributed by atoms with E-state index in [4.69, 9.17) is 5.73 Å². The van der Waals surface area contributed by atoms with E-state index in [0.717, 1.165) is 35.7 Å². The molecule has 134 valence electrons. The predicted molar refractivity (Wildman–Crippen MR) is 96.2 cm³/mol. The minimum atomic E-state index is -0.577. The lowest BCUT2D eigenvalue weighted by atomic mass is 9.85. The van der Waals surface area contributed by atoms with Crippen LogP contribution in [0.2, 0.25) is 0 Å². The lowest BCUT2D eigenvalue weighted by Gasteiger charge is -2.27. The van der Waals surface area contributed by atoms with Crippen molar-refractivity contribution in [3.63, 3.8) is 0 Å². The normalized spacial score (nSPS) is 21.8. The van der Waals surface area contributed by atoms with Gasteiger partial charge in [-0.15, -0.1) is 0 Å². The fourth-order valence-electron chi connectivity index (χ4n) is 3.61. The number of ketones is 1. The number of nitrogens with two attached hydrogens (primary N) is 1. The molecule has 1 heterocycles. The first-order chi connectivity index (χ1) is 11.9. The molecule has 1 amide bonds. The first kappa shape index (κ1) is 17.5. The molecule has 0 radical (unpaired) electrons. The zero-order valence-electron chi connectivity index (χ0n) is 14.4. The molecular formula is C19H25N3O3. The minimum Gasteiger partial charge on any atom is -0.508 e. The van der Waals surface area contributed by atoms with Crippen molar-refractivity contribution in [2.24, 2.45) is 11.7 Å². The van der Waals surface area contributed by atoms with Gasteiger partial charge in [0, 0.05) is 35.5 Å². The second kappa shape index (κ2) is 7.27. The van der Waals surface area contributed by atoms with Crippen LogP contribution in [0.25, 0.3) is 10.9 Å². The van der Waals surface area contributed by atoms with Gasteiger partial charge in [-0.25, -0.2) is 0 Å². The number of rotatable bonds is 5. The second-order valence-corrected chi connectivity index (χ2v) is 7.04. The van der Waals surface area contributed by atoms with Gasteiger partial charge in [-0.2, -0.15) is 0 Å². The van der Waals surface area contributed by atoms with Gasteiger partial charge in [0.05, 0.1) is 6.04 Å². The number of aromatic nitrogens is 1. The number of phenols is 1. The SMILES string of the molecule is CC(=O)[C@H](Cc1c[nH]c2ccc(O)cc12)NC(=O)[C@H]1CCC[C@H](N)C1. The molecule has 1 aliphatic carbocycles. The highest BCUT2D eigenvalue weighted by atomic mass is 16.3. The largest absolute Gasteiger partial charge is 0.508 e. The van der Waals surface area contributed by atoms with Gasteiger partial charge in [0.25, 0.3) is 0 Å². The summed E-state index contributed by atoms with van der Waals surface area (Å²) >= 11 is 0. The maximum Gasteiger partial charge on any atom is 0.223 e. The number of amides is 1. The fraction of sp³-hybridized carbons (Fsp3) is 0.474. The monoisotopic (exact) mass is 343 g/mol. The third-order valence-corrected chi connectivity index (χ3v) is 5.07. The molecule has 1 aliphatic rings. The first-order valence-electron chi connectivity index (χ1n) is 8.79. The molecule has 1 aromatic heterocycles. The van der Waals surface area contributed by atoms with E-state index in [1.807, 2.05) is 6.20 Å². The van der Waals surface area contributed by atoms with E-state index in [-0.39, 0.29) is 29.4 Å². The Labute approximate surface area is 146 Å². The van der Waals surface area contributed by atoms with E-state index >= 15 is 0 Å². The molecule has 0 bridgehead atoms. The summed E-state index contributed by atoms with van der Waals surface area (Å²) in [6.07, 6.45) is 5.62. The number of benzene rings is 1. The van der Waals surface area contributed by atoms with E-state index < -0.39 is 6.04 Å². The number of hydrogen-bond acceptors (Lipinski definition) is 4. The molecule has 5 N–H and O–H groups in total. The lowest BCUT2D eigenvalue weighted by molar-refractivity contribution is -0.130. The molecule has 1 fully saturated rings. The van der Waals surface area contributed by atoms with E-state index in [1.54, 1.807) is 18.2 Å². The highest BCUT2D eigenvalue weighted by molar-refractivity contribution is 5.90. The summed E-state index contributed by atoms with van der Waals surface area (Å²) in [5.41, 5.74) is 7.75. The third kappa shape index (κ3) is 4.02. The van der Waals surface area contributed by atoms with Gasteiger partial charge in [-0.05, 0) is 49.9 Å². The van der Waals surface area contributed by atoms with E-state index in [0.29, 0.717) is 12.8 Å². The molecule has 3 atom stereocenters. The minimum absolute atomic E-state index is 0.0665. The molecular weight excluding hydrogens is 318 g/mol. The van der Waals surface area contributed by atoms with Gasteiger partial charge in [0.1, 0.15) is 5.75 Å². The van der Waals surface area contributed by atoms with E-state index in [2.05, 4.69) is 10.3 Å². The summed E-state index contributed by atoms with van der Waals surface area (Å²) in [4.78, 5) is 27.7. The number of Topliss-reactive ketones (excluding diaryl/α,β-unsaturated/α-hetero) is 1. The van der Waals surface area contributed by atoms with Crippen LogP contribution in [0.5, 0.6) is 5.75 Å². The average molecular weight is 343 g/mol. The standard InChI is InChI=1S/C19H25N3O3/c1-11(23)18(22-19(25)12-3-2-4-14(20)7-12)8-13-10-21-17-6-5-15(24)9-16(13)17/h5-6,9-10,12,14,18,21,24H,2-4,7-8,20H2,1H3,(H,22,25)/t12-,14-,18-/m0/s1. The zero-order chi connectivity index (χ0) is 18.0. The molecule has 0 saturated heterocycles. The van der Waals surface area contributed by atoms with Gasteiger partial charge in [0.15, 0.2) is 5.78 Å². The van der Waals surface area contributed by atoms with Crippen molar-refractivity contribution in [2.45, 2.75) is 51.1 Å². The van der Waals surface area contributed by atoms with Gasteiger partial charge >= 0.3 is 0 Å². The van der Waals surface area contributed by atoms with Crippen molar-refractivity contribution >= 4 is 22.6 Å². The van der Waals surface area contributed by atoms with Crippen LogP contribution >= 0.6 is 0 Å². The summed E-state index contributed by atoms with van der Waals surface area (Å²) in [5, 5.41) is 13.5. The number of hydrogen-bond donors (Lipinski definition) is 4. The van der Waals surface area contributed by atoms with Crippen LogP contribution < -0.4 is 11.1 Å². The number of aromatic amines is 1. The number of carbonyl (C=O) groups excluding carboxylic acids is 2. The van der Waals surface area contributed by atoms with Crippen molar-refractivity contribution in [3.8, 4) is 5.75 Å². The molecule has 0 spiro atoms. The average Bonchev–Trinajstić information content (AvgIpc) is 2.96. The lowest BCUT2D eigenvalue weighted by Crippen LogP contribution is -2.46. The molecule has 1 aromatic carbocycles. The van der Waals surface area contributed by atoms with Crippen LogP contribution in [-0.4, -0.2) is 33.9 Å². The Morgan fingerprint density at radius 2 is 2.20 bits per heavy atom. The Hall–Kier alpha value is -2.34. The Kier molecular flexibility index (Phi) is 5.08. The molecule has 6 nitrogen and oxygen atoms in total. The molecule has 0 aliphatic heterocycles. The van der Waals surface area contributed by atoms with Crippen molar-refractivity contribution in [1.82, 2.24) is 10.3 Å². The summed E-state index contributed by atoms with van der Waals surface area (Å²) in [6, 6.07) is 4.56. The summed E-state index contributed by atoms with van der Waals surface area (Å²) < 4.78 is 0. The number of aromatic hydroxyl groups is 1. The van der Waals surface area contributed by atoms with Crippen molar-refractivity contribution in [2.75, 3.05) is 0 Å². The Balaban J connectivity index is 1.73. The van der Waals surface area contributed by atoms with Crippen LogP contribution in [0.3, 0.4) is 0 Å². The number of fused-ring (bicyclic) bond motifs is 1. The van der Waals surface area contributed by atoms with Crippen LogP contribution in [0, 0.1) is 5.92 Å². The van der Waals surface area contributed by atoms with E-state index in [1.165, 1.54) is 6.92 Å². The van der Waals surface area contributed by atoms with Crippen LogP contribution in [-0.2, 0) is 16.0 Å². The van der Waals surface area contributed by atoms with Crippen LogP contribution in [0.15, 0.2) is 24.4 Å². The summed E-state index contributed by atoms with van der Waals surface area (Å²) in [6.45, 7) is 1.49. The number of carbonyl (C=O) groups is 2. The van der Waals surface area contributed by atoms with Gasteiger partial charge in [-0.3, -0.25) is 9.59 Å². The molecule has 3 rings (SSSR count). The molecule has 2 aromatic rings.